The molecule has 3 aliphatic rings. The average molecular weight is 436 g/mol. The molecule has 8 nitrogen and oxygen atoms in total. The van der Waals surface area contributed by atoms with Crippen LogP contribution in [0.25, 0.3) is 11.3 Å². The maximum absolute atomic E-state index is 13.2. The number of benzene rings is 1. The molecule has 1 N–H and O–H groups in total. The number of carbonyl (C=O) groups excluding carboxylic acids is 3. The molecule has 8 heteroatoms. The van der Waals surface area contributed by atoms with Crippen LogP contribution in [0, 0.1) is 5.92 Å². The molecule has 2 atom stereocenters. The minimum atomic E-state index is -0.262. The van der Waals surface area contributed by atoms with Crippen LogP contribution in [0.3, 0.4) is 0 Å². The third-order valence-electron chi connectivity index (χ3n) is 7.13. The molecular weight excluding hydrogens is 406 g/mol. The van der Waals surface area contributed by atoms with Gasteiger partial charge in [-0.3, -0.25) is 19.2 Å². The Labute approximate surface area is 187 Å². The molecule has 1 saturated carbocycles. The quantitative estimate of drug-likeness (QED) is 0.803. The molecular formula is C24H29N5O3. The van der Waals surface area contributed by atoms with Gasteiger partial charge in [-0.15, -0.1) is 0 Å². The molecule has 168 valence electrons. The fourth-order valence-corrected chi connectivity index (χ4v) is 5.36. The molecule has 1 aromatic heterocycles. The van der Waals surface area contributed by atoms with Gasteiger partial charge in [0.05, 0.1) is 11.6 Å². The predicted molar refractivity (Wildman–Crippen MR) is 119 cm³/mol. The third-order valence-corrected chi connectivity index (χ3v) is 7.13. The van der Waals surface area contributed by atoms with E-state index in [1.54, 1.807) is 16.6 Å². The summed E-state index contributed by atoms with van der Waals surface area (Å²) in [5.74, 6) is -0.184. The Morgan fingerprint density at radius 2 is 1.75 bits per heavy atom. The largest absolute Gasteiger partial charge is 0.337 e. The highest BCUT2D eigenvalue weighted by Crippen LogP contribution is 2.32. The normalized spacial score (nSPS) is 24.3. The van der Waals surface area contributed by atoms with Gasteiger partial charge in [0.1, 0.15) is 5.69 Å². The minimum absolute atomic E-state index is 0.00896. The number of imide groups is 1. The van der Waals surface area contributed by atoms with Crippen LogP contribution >= 0.6 is 0 Å². The van der Waals surface area contributed by atoms with E-state index in [4.69, 9.17) is 0 Å². The van der Waals surface area contributed by atoms with Crippen molar-refractivity contribution in [1.82, 2.24) is 24.9 Å². The highest BCUT2D eigenvalue weighted by atomic mass is 16.2. The van der Waals surface area contributed by atoms with Crippen LogP contribution in [-0.2, 0) is 11.8 Å². The number of hydrogen-bond donors (Lipinski definition) is 1. The Morgan fingerprint density at radius 3 is 2.50 bits per heavy atom. The van der Waals surface area contributed by atoms with Gasteiger partial charge in [0.2, 0.25) is 5.91 Å². The molecule has 0 spiro atoms. The summed E-state index contributed by atoms with van der Waals surface area (Å²) in [4.78, 5) is 42.2. The van der Waals surface area contributed by atoms with Crippen LogP contribution in [0.5, 0.6) is 0 Å². The number of urea groups is 1. The summed E-state index contributed by atoms with van der Waals surface area (Å²) in [6.07, 6.45) is 5.05. The van der Waals surface area contributed by atoms with Gasteiger partial charge in [0.25, 0.3) is 5.91 Å². The number of rotatable bonds is 3. The van der Waals surface area contributed by atoms with Gasteiger partial charge in [0, 0.05) is 37.8 Å². The van der Waals surface area contributed by atoms with E-state index in [2.05, 4.69) is 10.4 Å². The third kappa shape index (κ3) is 3.67. The topological polar surface area (TPSA) is 87.5 Å². The van der Waals surface area contributed by atoms with Crippen LogP contribution in [0.2, 0.25) is 0 Å². The van der Waals surface area contributed by atoms with Crippen LogP contribution in [0.15, 0.2) is 36.4 Å². The van der Waals surface area contributed by atoms with E-state index >= 15 is 0 Å². The van der Waals surface area contributed by atoms with Crippen molar-refractivity contribution in [2.24, 2.45) is 13.0 Å². The number of hydrogen-bond acceptors (Lipinski definition) is 4. The van der Waals surface area contributed by atoms with Crippen molar-refractivity contribution in [2.75, 3.05) is 13.1 Å². The number of nitrogens with zero attached hydrogens (tertiary/aromatic N) is 4. The molecule has 32 heavy (non-hydrogen) atoms. The van der Waals surface area contributed by atoms with Gasteiger partial charge < -0.3 is 10.2 Å². The number of nitrogens with one attached hydrogen (secondary N) is 1. The van der Waals surface area contributed by atoms with Gasteiger partial charge in [-0.05, 0) is 31.7 Å². The maximum Gasteiger partial charge on any atom is 0.324 e. The highest BCUT2D eigenvalue weighted by molar-refractivity contribution is 5.99. The molecule has 3 fully saturated rings. The van der Waals surface area contributed by atoms with Crippen LogP contribution in [-0.4, -0.2) is 62.6 Å². The number of aromatic nitrogens is 2. The average Bonchev–Trinajstić information content (AvgIpc) is 3.21. The van der Waals surface area contributed by atoms with Crippen molar-refractivity contribution in [3.63, 3.8) is 0 Å². The summed E-state index contributed by atoms with van der Waals surface area (Å²) in [6.45, 7) is 1.03. The first kappa shape index (κ1) is 20.7. The first-order valence-corrected chi connectivity index (χ1v) is 11.5. The van der Waals surface area contributed by atoms with Crippen molar-refractivity contribution in [3.8, 4) is 11.3 Å². The number of fused-ring (bicyclic) bond motifs is 1. The predicted octanol–water partition coefficient (Wildman–Crippen LogP) is 2.80. The first-order chi connectivity index (χ1) is 15.5. The minimum Gasteiger partial charge on any atom is -0.337 e. The van der Waals surface area contributed by atoms with E-state index in [0.717, 1.165) is 36.9 Å². The lowest BCUT2D eigenvalue weighted by atomic mass is 9.81. The maximum atomic E-state index is 13.2. The lowest BCUT2D eigenvalue weighted by Gasteiger charge is -2.44. The first-order valence-electron chi connectivity index (χ1n) is 11.5. The fraction of sp³-hybridized carbons (Fsp3) is 0.500. The summed E-state index contributed by atoms with van der Waals surface area (Å²) in [6, 6.07) is 11.2. The van der Waals surface area contributed by atoms with Crippen molar-refractivity contribution < 1.29 is 14.4 Å². The van der Waals surface area contributed by atoms with E-state index in [0.29, 0.717) is 31.6 Å². The van der Waals surface area contributed by atoms with Crippen LogP contribution in [0.4, 0.5) is 4.79 Å². The van der Waals surface area contributed by atoms with Crippen LogP contribution < -0.4 is 5.32 Å². The van der Waals surface area contributed by atoms with Gasteiger partial charge in [-0.25, -0.2) is 4.79 Å². The van der Waals surface area contributed by atoms with E-state index in [-0.39, 0.29) is 35.8 Å². The zero-order chi connectivity index (χ0) is 22.2. The molecule has 2 saturated heterocycles. The number of likely N-dealkylation sites (tertiary alicyclic amines) is 1. The van der Waals surface area contributed by atoms with E-state index < -0.39 is 0 Å². The second-order valence-electron chi connectivity index (χ2n) is 9.08. The molecule has 4 amide bonds. The second-order valence-corrected chi connectivity index (χ2v) is 9.08. The molecule has 0 radical (unpaired) electrons. The molecule has 2 unspecified atom stereocenters. The Kier molecular flexibility index (Phi) is 5.45. The summed E-state index contributed by atoms with van der Waals surface area (Å²) in [5, 5.41) is 7.56. The summed E-state index contributed by atoms with van der Waals surface area (Å²) in [7, 11) is 1.78. The van der Waals surface area contributed by atoms with Gasteiger partial charge in [-0.1, -0.05) is 43.2 Å². The lowest BCUT2D eigenvalue weighted by molar-refractivity contribution is -0.139. The number of amides is 4. The standard InChI is InChI=1S/C24H29N5O3/c1-27-21(15-20(26-27)16-7-3-2-4-8-16)23(31)28-13-11-17(12-14-28)29-22(30)18-9-5-6-10-19(18)25-24(29)32/h2-4,7-8,15,17-19H,5-6,9-14H2,1H3,(H,25,32). The number of aryl methyl sites for hydroxylation is 1. The van der Waals surface area contributed by atoms with E-state index in [9.17, 15) is 14.4 Å². The van der Waals surface area contributed by atoms with E-state index in [1.165, 1.54) is 4.90 Å². The zero-order valence-corrected chi connectivity index (χ0v) is 18.4. The number of carbonyl (C=O) groups is 3. The van der Waals surface area contributed by atoms with Crippen molar-refractivity contribution in [2.45, 2.75) is 50.6 Å². The molecule has 2 aliphatic heterocycles. The summed E-state index contributed by atoms with van der Waals surface area (Å²) >= 11 is 0. The molecule has 0 bridgehead atoms. The van der Waals surface area contributed by atoms with Gasteiger partial charge >= 0.3 is 6.03 Å². The molecule has 1 aliphatic carbocycles. The SMILES string of the molecule is Cn1nc(-c2ccccc2)cc1C(=O)N1CCC(N2C(=O)NC3CCCCC3C2=O)CC1. The van der Waals surface area contributed by atoms with Gasteiger partial charge in [0.15, 0.2) is 0 Å². The Morgan fingerprint density at radius 1 is 1.03 bits per heavy atom. The van der Waals surface area contributed by atoms with Crippen LogP contribution in [0.1, 0.15) is 49.0 Å². The highest BCUT2D eigenvalue weighted by Gasteiger charge is 2.45. The Bertz CT molecular complexity index is 1030. The summed E-state index contributed by atoms with van der Waals surface area (Å²) in [5.41, 5.74) is 2.28. The lowest BCUT2D eigenvalue weighted by Crippen LogP contribution is -2.64. The van der Waals surface area contributed by atoms with E-state index in [1.807, 2.05) is 36.4 Å². The van der Waals surface area contributed by atoms with Crippen molar-refractivity contribution in [3.05, 3.63) is 42.1 Å². The fourth-order valence-electron chi connectivity index (χ4n) is 5.36. The summed E-state index contributed by atoms with van der Waals surface area (Å²) < 4.78 is 1.63. The molecule has 3 heterocycles. The molecule has 5 rings (SSSR count). The van der Waals surface area contributed by atoms with Crippen molar-refractivity contribution >= 4 is 17.8 Å². The second kappa shape index (κ2) is 8.41. The monoisotopic (exact) mass is 435 g/mol. The Balaban J connectivity index is 1.25. The number of piperidine rings is 1. The molecule has 1 aromatic carbocycles. The smallest absolute Gasteiger partial charge is 0.324 e. The molecule has 2 aromatic rings. The van der Waals surface area contributed by atoms with Crippen molar-refractivity contribution in [1.29, 1.82) is 0 Å². The Hall–Kier alpha value is -3.16. The van der Waals surface area contributed by atoms with Gasteiger partial charge in [-0.2, -0.15) is 5.10 Å². The zero-order valence-electron chi connectivity index (χ0n) is 18.4.